The lowest BCUT2D eigenvalue weighted by molar-refractivity contribution is -0.107. The normalized spacial score (nSPS) is 12.2. The van der Waals surface area contributed by atoms with Crippen LogP contribution in [0.15, 0.2) is 18.5 Å². The van der Waals surface area contributed by atoms with Gasteiger partial charge >= 0.3 is 0 Å². The van der Waals surface area contributed by atoms with Crippen molar-refractivity contribution in [2.45, 2.75) is 32.7 Å². The van der Waals surface area contributed by atoms with Crippen LogP contribution in [-0.4, -0.2) is 16.1 Å². The van der Waals surface area contributed by atoms with Crippen LogP contribution in [0.3, 0.4) is 0 Å². The molecular formula is C11H16N2O. The van der Waals surface area contributed by atoms with Gasteiger partial charge in [0.25, 0.3) is 0 Å². The summed E-state index contributed by atoms with van der Waals surface area (Å²) in [6.45, 7) is 6.29. The molecule has 0 aliphatic heterocycles. The molecule has 3 heteroatoms. The molecule has 0 unspecified atom stereocenters. The summed E-state index contributed by atoms with van der Waals surface area (Å²) in [7, 11) is 0. The van der Waals surface area contributed by atoms with Crippen molar-refractivity contribution in [3.63, 3.8) is 0 Å². The molecule has 1 heterocycles. The van der Waals surface area contributed by atoms with Crippen LogP contribution in [0.4, 0.5) is 0 Å². The first-order valence-electron chi connectivity index (χ1n) is 4.69. The number of hydrogen-bond acceptors (Lipinski definition) is 2. The van der Waals surface area contributed by atoms with Gasteiger partial charge in [0.2, 0.25) is 0 Å². The lowest BCUT2D eigenvalue weighted by Crippen LogP contribution is -2.21. The Labute approximate surface area is 84.4 Å². The Morgan fingerprint density at radius 1 is 1.50 bits per heavy atom. The molecule has 0 N–H and O–H groups in total. The van der Waals surface area contributed by atoms with Gasteiger partial charge in [-0.2, -0.15) is 5.10 Å². The first-order chi connectivity index (χ1) is 6.54. The average molecular weight is 192 g/mol. The third kappa shape index (κ3) is 2.83. The van der Waals surface area contributed by atoms with Gasteiger partial charge in [-0.05, 0) is 20.8 Å². The fourth-order valence-electron chi connectivity index (χ4n) is 1.05. The van der Waals surface area contributed by atoms with E-state index < -0.39 is 0 Å². The first kappa shape index (κ1) is 10.7. The summed E-state index contributed by atoms with van der Waals surface area (Å²) in [5.74, 6) is 0. The van der Waals surface area contributed by atoms with Crippen LogP contribution >= 0.6 is 0 Å². The van der Waals surface area contributed by atoms with Gasteiger partial charge in [0.05, 0.1) is 11.7 Å². The maximum Gasteiger partial charge on any atom is 0.123 e. The number of aromatic nitrogens is 2. The van der Waals surface area contributed by atoms with Gasteiger partial charge in [-0.1, -0.05) is 12.2 Å². The number of nitrogens with zero attached hydrogens (tertiary/aromatic N) is 2. The fraction of sp³-hybridized carbons (Fsp3) is 0.455. The highest BCUT2D eigenvalue weighted by atomic mass is 16.1. The van der Waals surface area contributed by atoms with Gasteiger partial charge in [-0.25, -0.2) is 0 Å². The molecule has 0 saturated carbocycles. The van der Waals surface area contributed by atoms with Crippen LogP contribution in [0.1, 0.15) is 32.8 Å². The van der Waals surface area contributed by atoms with E-state index in [2.05, 4.69) is 25.9 Å². The molecule has 0 saturated heterocycles. The summed E-state index contributed by atoms with van der Waals surface area (Å²) in [5, 5.41) is 4.24. The minimum atomic E-state index is 0.0107. The van der Waals surface area contributed by atoms with Crippen LogP contribution in [0.5, 0.6) is 0 Å². The largest absolute Gasteiger partial charge is 0.303 e. The molecule has 0 aliphatic carbocycles. The van der Waals surface area contributed by atoms with Crippen molar-refractivity contribution >= 4 is 12.4 Å². The second kappa shape index (κ2) is 4.22. The third-order valence-electron chi connectivity index (χ3n) is 1.83. The highest BCUT2D eigenvalue weighted by molar-refractivity contribution is 5.57. The van der Waals surface area contributed by atoms with E-state index in [1.165, 1.54) is 0 Å². The van der Waals surface area contributed by atoms with Gasteiger partial charge < -0.3 is 4.79 Å². The maximum absolute atomic E-state index is 10.1. The predicted octanol–water partition coefficient (Wildman–Crippen LogP) is 2.24. The summed E-state index contributed by atoms with van der Waals surface area (Å²) in [4.78, 5) is 10.1. The van der Waals surface area contributed by atoms with Gasteiger partial charge in [0.15, 0.2) is 0 Å². The summed E-state index contributed by atoms with van der Waals surface area (Å²) < 4.78 is 1.91. The van der Waals surface area contributed by atoms with E-state index in [0.717, 1.165) is 11.8 Å². The topological polar surface area (TPSA) is 34.9 Å². The van der Waals surface area contributed by atoms with Crippen molar-refractivity contribution < 1.29 is 4.79 Å². The minimum absolute atomic E-state index is 0.0107. The number of rotatable bonds is 3. The van der Waals surface area contributed by atoms with Crippen molar-refractivity contribution in [2.24, 2.45) is 0 Å². The van der Waals surface area contributed by atoms with Crippen LogP contribution in [0.2, 0.25) is 0 Å². The summed E-state index contributed by atoms with van der Waals surface area (Å²) in [5.41, 5.74) is 1.04. The Hall–Kier alpha value is -1.38. The zero-order valence-electron chi connectivity index (χ0n) is 8.90. The molecular weight excluding hydrogens is 176 g/mol. The monoisotopic (exact) mass is 192 g/mol. The van der Waals surface area contributed by atoms with Crippen molar-refractivity contribution in [1.29, 1.82) is 0 Å². The van der Waals surface area contributed by atoms with Crippen molar-refractivity contribution in [3.8, 4) is 0 Å². The number of allylic oxidation sites excluding steroid dienone is 1. The van der Waals surface area contributed by atoms with Gasteiger partial charge in [0.1, 0.15) is 6.29 Å². The van der Waals surface area contributed by atoms with E-state index in [4.69, 9.17) is 0 Å². The molecule has 0 aromatic carbocycles. The van der Waals surface area contributed by atoms with Gasteiger partial charge in [0, 0.05) is 18.2 Å². The molecule has 0 atom stereocenters. The smallest absolute Gasteiger partial charge is 0.123 e. The van der Waals surface area contributed by atoms with E-state index in [9.17, 15) is 4.79 Å². The molecule has 0 fully saturated rings. The highest BCUT2D eigenvalue weighted by Crippen LogP contribution is 2.13. The average Bonchev–Trinajstić information content (AvgIpc) is 2.52. The first-order valence-corrected chi connectivity index (χ1v) is 4.69. The Morgan fingerprint density at radius 2 is 2.21 bits per heavy atom. The molecule has 0 radical (unpaired) electrons. The summed E-state index contributed by atoms with van der Waals surface area (Å²) >= 11 is 0. The van der Waals surface area contributed by atoms with Crippen LogP contribution in [0, 0.1) is 0 Å². The number of carbonyl (C=O) groups excluding carboxylic acids is 1. The van der Waals surface area contributed by atoms with E-state index in [1.807, 2.05) is 23.0 Å². The number of hydrogen-bond donors (Lipinski definition) is 0. The molecule has 0 amide bonds. The summed E-state index contributed by atoms with van der Waals surface area (Å²) in [6, 6.07) is 0. The Balaban J connectivity index is 2.73. The maximum atomic E-state index is 10.1. The van der Waals surface area contributed by atoms with E-state index in [1.54, 1.807) is 6.20 Å². The molecule has 0 aliphatic rings. The Morgan fingerprint density at radius 3 is 2.71 bits per heavy atom. The van der Waals surface area contributed by atoms with Crippen molar-refractivity contribution in [2.75, 3.05) is 0 Å². The number of carbonyl (C=O) groups is 1. The van der Waals surface area contributed by atoms with Crippen LogP contribution in [0.25, 0.3) is 6.08 Å². The van der Waals surface area contributed by atoms with E-state index in [0.29, 0.717) is 6.42 Å². The molecule has 1 aromatic rings. The van der Waals surface area contributed by atoms with E-state index >= 15 is 0 Å². The molecule has 3 nitrogen and oxygen atoms in total. The highest BCUT2D eigenvalue weighted by Gasteiger charge is 2.12. The van der Waals surface area contributed by atoms with Crippen LogP contribution in [-0.2, 0) is 10.3 Å². The van der Waals surface area contributed by atoms with Crippen molar-refractivity contribution in [1.82, 2.24) is 9.78 Å². The quantitative estimate of drug-likeness (QED) is 0.688. The van der Waals surface area contributed by atoms with Gasteiger partial charge in [-0.3, -0.25) is 4.68 Å². The van der Waals surface area contributed by atoms with E-state index in [-0.39, 0.29) is 5.54 Å². The SMILES string of the molecule is CC(C)(C)n1cc(C=CCC=O)cn1. The van der Waals surface area contributed by atoms with Gasteiger partial charge in [-0.15, -0.1) is 0 Å². The number of aldehydes is 1. The molecule has 14 heavy (non-hydrogen) atoms. The minimum Gasteiger partial charge on any atom is -0.303 e. The van der Waals surface area contributed by atoms with Crippen molar-refractivity contribution in [3.05, 3.63) is 24.0 Å². The predicted molar refractivity (Wildman–Crippen MR) is 56.9 cm³/mol. The third-order valence-corrected chi connectivity index (χ3v) is 1.83. The second-order valence-electron chi connectivity index (χ2n) is 4.19. The zero-order valence-corrected chi connectivity index (χ0v) is 8.90. The fourth-order valence-corrected chi connectivity index (χ4v) is 1.05. The molecule has 1 aromatic heterocycles. The lowest BCUT2D eigenvalue weighted by atomic mass is 10.1. The Bertz CT molecular complexity index is 331. The molecule has 1 rings (SSSR count). The Kier molecular flexibility index (Phi) is 3.23. The zero-order chi connectivity index (χ0) is 10.6. The molecule has 0 bridgehead atoms. The van der Waals surface area contributed by atoms with Crippen LogP contribution < -0.4 is 0 Å². The standard InChI is InChI=1S/C11H16N2O/c1-11(2,3)13-9-10(8-12-13)6-4-5-7-14/h4,6-9H,5H2,1-3H3. The molecule has 0 spiro atoms. The summed E-state index contributed by atoms with van der Waals surface area (Å²) in [6.07, 6.45) is 8.85. The molecule has 76 valence electrons. The second-order valence-corrected chi connectivity index (χ2v) is 4.19. The lowest BCUT2D eigenvalue weighted by Gasteiger charge is -2.18.